The molecular weight excluding hydrogens is 426 g/mol. The third-order valence-corrected chi connectivity index (χ3v) is 5.41. The Bertz CT molecular complexity index is 1290. The van der Waals surface area contributed by atoms with Crippen LogP contribution < -0.4 is 14.4 Å². The number of fused-ring (bicyclic) bond motifs is 1. The van der Waals surface area contributed by atoms with Gasteiger partial charge in [0.2, 0.25) is 0 Å². The highest BCUT2D eigenvalue weighted by Gasteiger charge is 2.21. The smallest absolute Gasteiger partial charge is 0.261 e. The van der Waals surface area contributed by atoms with Crippen molar-refractivity contribution in [2.45, 2.75) is 0 Å². The highest BCUT2D eigenvalue weighted by Crippen LogP contribution is 2.34. The van der Waals surface area contributed by atoms with Gasteiger partial charge in [-0.15, -0.1) is 0 Å². The second-order valence-electron chi connectivity index (χ2n) is 7.72. The summed E-state index contributed by atoms with van der Waals surface area (Å²) < 4.78 is 11.4. The predicted octanol–water partition coefficient (Wildman–Crippen LogP) is 5.28. The van der Waals surface area contributed by atoms with Crippen LogP contribution in [-0.4, -0.2) is 35.6 Å². The van der Waals surface area contributed by atoms with E-state index in [1.165, 1.54) is 0 Å². The Balaban J connectivity index is 1.43. The van der Waals surface area contributed by atoms with Crippen LogP contribution in [0.5, 0.6) is 11.5 Å². The molecule has 0 aliphatic carbocycles. The summed E-state index contributed by atoms with van der Waals surface area (Å²) in [6.07, 6.45) is 7.10. The van der Waals surface area contributed by atoms with Crippen LogP contribution >= 0.6 is 0 Å². The zero-order valence-electron chi connectivity index (χ0n) is 18.5. The van der Waals surface area contributed by atoms with E-state index in [2.05, 4.69) is 9.97 Å². The fourth-order valence-electron chi connectivity index (χ4n) is 3.69. The van der Waals surface area contributed by atoms with E-state index >= 15 is 0 Å². The third kappa shape index (κ3) is 4.81. The molecule has 1 aliphatic rings. The summed E-state index contributed by atoms with van der Waals surface area (Å²) in [6, 6.07) is 25.2. The number of hydrogen-bond donors (Lipinski definition) is 0. The number of carbonyl (C=O) groups excluding carboxylic acids is 1. The molecule has 34 heavy (non-hydrogen) atoms. The second-order valence-corrected chi connectivity index (χ2v) is 7.72. The summed E-state index contributed by atoms with van der Waals surface area (Å²) in [5.74, 6) is 1.68. The molecule has 0 saturated carbocycles. The molecule has 0 unspecified atom stereocenters. The summed E-state index contributed by atoms with van der Waals surface area (Å²) >= 11 is 0. The van der Waals surface area contributed by atoms with Crippen molar-refractivity contribution in [1.29, 1.82) is 0 Å². The van der Waals surface area contributed by atoms with Crippen molar-refractivity contribution >= 4 is 17.7 Å². The number of anilines is 1. The molecule has 2 heterocycles. The van der Waals surface area contributed by atoms with Crippen LogP contribution in [0.15, 0.2) is 97.3 Å². The maximum absolute atomic E-state index is 13.5. The van der Waals surface area contributed by atoms with Crippen molar-refractivity contribution in [3.63, 3.8) is 0 Å². The van der Waals surface area contributed by atoms with Gasteiger partial charge in [-0.25, -0.2) is 9.97 Å². The molecule has 6 heteroatoms. The highest BCUT2D eigenvalue weighted by atomic mass is 16.6. The van der Waals surface area contributed by atoms with E-state index in [0.29, 0.717) is 48.3 Å². The summed E-state index contributed by atoms with van der Waals surface area (Å²) in [6.45, 7) is 1.36. The maximum Gasteiger partial charge on any atom is 0.261 e. The standard InChI is InChI=1S/C28H23N3O3/c32-28(23-19-29-27(30-20-23)22-11-5-2-6-12-22)31(15-7-10-21-8-3-1-4-9-21)24-13-14-25-26(18-24)34-17-16-33-25/h1-14,18-20H,15-17H2/b10-7+. The number of benzene rings is 3. The van der Waals surface area contributed by atoms with Crippen molar-refractivity contribution in [1.82, 2.24) is 9.97 Å². The van der Waals surface area contributed by atoms with E-state index in [1.54, 1.807) is 17.3 Å². The zero-order chi connectivity index (χ0) is 23.2. The molecule has 0 radical (unpaired) electrons. The summed E-state index contributed by atoms with van der Waals surface area (Å²) in [7, 11) is 0. The minimum Gasteiger partial charge on any atom is -0.486 e. The number of nitrogens with zero attached hydrogens (tertiary/aromatic N) is 3. The first-order valence-corrected chi connectivity index (χ1v) is 11.1. The average Bonchev–Trinajstić information content (AvgIpc) is 2.92. The zero-order valence-corrected chi connectivity index (χ0v) is 18.5. The van der Waals surface area contributed by atoms with Crippen LogP contribution in [0, 0.1) is 0 Å². The summed E-state index contributed by atoms with van der Waals surface area (Å²) in [5.41, 5.74) is 3.07. The van der Waals surface area contributed by atoms with Crippen LogP contribution in [0.2, 0.25) is 0 Å². The molecule has 1 aromatic heterocycles. The fraction of sp³-hybridized carbons (Fsp3) is 0.107. The Labute approximate surface area is 198 Å². The first kappa shape index (κ1) is 21.4. The normalized spacial score (nSPS) is 12.5. The van der Waals surface area contributed by atoms with Crippen molar-refractivity contribution in [2.75, 3.05) is 24.7 Å². The van der Waals surface area contributed by atoms with Gasteiger partial charge >= 0.3 is 0 Å². The molecule has 1 aliphatic heterocycles. The molecule has 0 N–H and O–H groups in total. The Morgan fingerprint density at radius 2 is 1.53 bits per heavy atom. The molecule has 0 bridgehead atoms. The van der Waals surface area contributed by atoms with Crippen LogP contribution in [0.3, 0.4) is 0 Å². The van der Waals surface area contributed by atoms with Gasteiger partial charge in [-0.1, -0.05) is 72.8 Å². The Morgan fingerprint density at radius 1 is 0.853 bits per heavy atom. The van der Waals surface area contributed by atoms with Gasteiger partial charge in [-0.2, -0.15) is 0 Å². The number of aromatic nitrogens is 2. The maximum atomic E-state index is 13.5. The van der Waals surface area contributed by atoms with Crippen molar-refractivity contribution < 1.29 is 14.3 Å². The quantitative estimate of drug-likeness (QED) is 0.401. The molecule has 1 amide bonds. The number of carbonyl (C=O) groups is 1. The monoisotopic (exact) mass is 449 g/mol. The van der Waals surface area contributed by atoms with E-state index in [9.17, 15) is 4.79 Å². The lowest BCUT2D eigenvalue weighted by molar-refractivity contribution is 0.0989. The lowest BCUT2D eigenvalue weighted by Gasteiger charge is -2.24. The van der Waals surface area contributed by atoms with E-state index in [4.69, 9.17) is 9.47 Å². The molecule has 4 aromatic rings. The predicted molar refractivity (Wildman–Crippen MR) is 132 cm³/mol. The largest absolute Gasteiger partial charge is 0.486 e. The lowest BCUT2D eigenvalue weighted by Crippen LogP contribution is -2.31. The Hall–Kier alpha value is -4.45. The fourth-order valence-corrected chi connectivity index (χ4v) is 3.69. The minimum atomic E-state index is -0.200. The number of ether oxygens (including phenoxy) is 2. The number of amides is 1. The van der Waals surface area contributed by atoms with Crippen LogP contribution in [-0.2, 0) is 0 Å². The number of hydrogen-bond acceptors (Lipinski definition) is 5. The van der Waals surface area contributed by atoms with E-state index in [1.807, 2.05) is 91.0 Å². The van der Waals surface area contributed by atoms with Crippen molar-refractivity contribution in [2.24, 2.45) is 0 Å². The average molecular weight is 450 g/mol. The lowest BCUT2D eigenvalue weighted by atomic mass is 10.2. The first-order chi connectivity index (χ1) is 16.8. The van der Waals surface area contributed by atoms with Crippen molar-refractivity contribution in [3.8, 4) is 22.9 Å². The highest BCUT2D eigenvalue weighted by molar-refractivity contribution is 6.06. The van der Waals surface area contributed by atoms with Gasteiger partial charge in [-0.05, 0) is 17.7 Å². The Morgan fingerprint density at radius 3 is 2.26 bits per heavy atom. The molecule has 0 atom stereocenters. The van der Waals surface area contributed by atoms with Gasteiger partial charge in [0, 0.05) is 36.3 Å². The van der Waals surface area contributed by atoms with Gasteiger partial charge in [0.15, 0.2) is 17.3 Å². The topological polar surface area (TPSA) is 64.6 Å². The summed E-state index contributed by atoms with van der Waals surface area (Å²) in [4.78, 5) is 24.1. The SMILES string of the molecule is O=C(c1cnc(-c2ccccc2)nc1)N(C/C=C/c1ccccc1)c1ccc2c(c1)OCCO2. The van der Waals surface area contributed by atoms with Crippen molar-refractivity contribution in [3.05, 3.63) is 108 Å². The molecule has 3 aromatic carbocycles. The molecular formula is C28H23N3O3. The molecule has 168 valence electrons. The third-order valence-electron chi connectivity index (χ3n) is 5.41. The van der Waals surface area contributed by atoms with Gasteiger partial charge in [0.05, 0.1) is 5.56 Å². The molecule has 0 fully saturated rings. The van der Waals surface area contributed by atoms with Gasteiger partial charge in [-0.3, -0.25) is 4.79 Å². The molecule has 0 saturated heterocycles. The van der Waals surface area contributed by atoms with Gasteiger partial charge in [0.1, 0.15) is 13.2 Å². The summed E-state index contributed by atoms with van der Waals surface area (Å²) in [5, 5.41) is 0. The number of rotatable bonds is 6. The molecule has 5 rings (SSSR count). The first-order valence-electron chi connectivity index (χ1n) is 11.1. The van der Waals surface area contributed by atoms with E-state index in [-0.39, 0.29) is 5.91 Å². The molecule has 0 spiro atoms. The second kappa shape index (κ2) is 10.0. The van der Waals surface area contributed by atoms with Crippen LogP contribution in [0.4, 0.5) is 5.69 Å². The Kier molecular flexibility index (Phi) is 6.29. The van der Waals surface area contributed by atoms with E-state index < -0.39 is 0 Å². The van der Waals surface area contributed by atoms with Crippen LogP contribution in [0.25, 0.3) is 17.5 Å². The van der Waals surface area contributed by atoms with Gasteiger partial charge < -0.3 is 14.4 Å². The van der Waals surface area contributed by atoms with E-state index in [0.717, 1.165) is 11.1 Å². The minimum absolute atomic E-state index is 0.200. The van der Waals surface area contributed by atoms with Gasteiger partial charge in [0.25, 0.3) is 5.91 Å². The van der Waals surface area contributed by atoms with Crippen LogP contribution in [0.1, 0.15) is 15.9 Å². The molecule has 6 nitrogen and oxygen atoms in total.